The first-order chi connectivity index (χ1) is 11.6. The van der Waals surface area contributed by atoms with E-state index in [9.17, 15) is 4.79 Å². The van der Waals surface area contributed by atoms with Gasteiger partial charge in [0, 0.05) is 45.3 Å². The highest BCUT2D eigenvalue weighted by molar-refractivity contribution is 14.0. The fourth-order valence-corrected chi connectivity index (χ4v) is 3.73. The molecule has 2 N–H and O–H groups in total. The van der Waals surface area contributed by atoms with Crippen LogP contribution in [0.2, 0.25) is 0 Å². The average molecular weight is 463 g/mol. The second-order valence-electron chi connectivity index (χ2n) is 7.76. The van der Waals surface area contributed by atoms with Crippen LogP contribution in [0.3, 0.4) is 0 Å². The molecule has 1 saturated heterocycles. The zero-order valence-electron chi connectivity index (χ0n) is 15.7. The van der Waals surface area contributed by atoms with Gasteiger partial charge in [0.25, 0.3) is 0 Å². The van der Waals surface area contributed by atoms with Gasteiger partial charge >= 0.3 is 0 Å². The number of halogens is 1. The summed E-state index contributed by atoms with van der Waals surface area (Å²) in [6.07, 6.45) is 10.1. The van der Waals surface area contributed by atoms with Gasteiger partial charge in [0.2, 0.25) is 5.91 Å². The summed E-state index contributed by atoms with van der Waals surface area (Å²) in [6, 6.07) is 1.85. The van der Waals surface area contributed by atoms with Crippen LogP contribution in [0.25, 0.3) is 0 Å². The number of carbonyl (C=O) groups excluding carboxylic acids is 1. The number of likely N-dealkylation sites (N-methyl/N-ethyl adjacent to an activating group) is 1. The van der Waals surface area contributed by atoms with Crippen LogP contribution in [0.5, 0.6) is 0 Å². The molecule has 0 atom stereocenters. The van der Waals surface area contributed by atoms with Gasteiger partial charge in [-0.15, -0.1) is 24.0 Å². The summed E-state index contributed by atoms with van der Waals surface area (Å²) in [5.74, 6) is 0.882. The molecule has 0 bridgehead atoms. The van der Waals surface area contributed by atoms with Gasteiger partial charge in [0.15, 0.2) is 5.96 Å². The Bertz CT molecular complexity index is 452. The zero-order valence-corrected chi connectivity index (χ0v) is 18.0. The Morgan fingerprint density at radius 2 is 1.56 bits per heavy atom. The van der Waals surface area contributed by atoms with E-state index in [1.54, 1.807) is 19.0 Å². The second-order valence-corrected chi connectivity index (χ2v) is 7.76. The van der Waals surface area contributed by atoms with E-state index in [4.69, 9.17) is 0 Å². The maximum absolute atomic E-state index is 11.9. The monoisotopic (exact) mass is 463 g/mol. The van der Waals surface area contributed by atoms with E-state index >= 15 is 0 Å². The molecule has 0 aromatic heterocycles. The first-order valence-electron chi connectivity index (χ1n) is 9.63. The third kappa shape index (κ3) is 6.58. The summed E-state index contributed by atoms with van der Waals surface area (Å²) < 4.78 is 0. The molecule has 3 aliphatic rings. The highest BCUT2D eigenvalue weighted by Crippen LogP contribution is 2.29. The van der Waals surface area contributed by atoms with Gasteiger partial charge in [0.05, 0.1) is 0 Å². The lowest BCUT2D eigenvalue weighted by atomic mass is 10.1. The minimum Gasteiger partial charge on any atom is -0.354 e. The van der Waals surface area contributed by atoms with Gasteiger partial charge in [-0.3, -0.25) is 4.79 Å². The van der Waals surface area contributed by atoms with Crippen molar-refractivity contribution in [1.29, 1.82) is 0 Å². The van der Waals surface area contributed by atoms with E-state index in [1.807, 2.05) is 0 Å². The number of nitrogens with zero attached hydrogens (tertiary/aromatic N) is 3. The number of hydrogen-bond acceptors (Lipinski definition) is 3. The number of rotatable bonds is 5. The van der Waals surface area contributed by atoms with Crippen LogP contribution >= 0.6 is 24.0 Å². The van der Waals surface area contributed by atoms with Gasteiger partial charge in [-0.2, -0.15) is 0 Å². The third-order valence-electron chi connectivity index (χ3n) is 5.50. The van der Waals surface area contributed by atoms with Crippen molar-refractivity contribution in [1.82, 2.24) is 20.4 Å². The minimum atomic E-state index is 0. The van der Waals surface area contributed by atoms with E-state index in [2.05, 4.69) is 20.5 Å². The van der Waals surface area contributed by atoms with E-state index in [0.717, 1.165) is 12.0 Å². The Hall–Kier alpha value is -0.570. The molecule has 3 fully saturated rings. The van der Waals surface area contributed by atoms with Gasteiger partial charge in [-0.25, -0.2) is 4.99 Å². The fraction of sp³-hybridized carbons (Fsp3) is 0.889. The largest absolute Gasteiger partial charge is 0.354 e. The van der Waals surface area contributed by atoms with Crippen LogP contribution in [0.4, 0.5) is 0 Å². The summed E-state index contributed by atoms with van der Waals surface area (Å²) in [5.41, 5.74) is 0. The topological polar surface area (TPSA) is 60.0 Å². The summed E-state index contributed by atoms with van der Waals surface area (Å²) in [4.78, 5) is 20.7. The maximum Gasteiger partial charge on any atom is 0.243 e. The third-order valence-corrected chi connectivity index (χ3v) is 5.50. The normalized spacial score (nSPS) is 23.2. The Balaban J connectivity index is 0.00000225. The maximum atomic E-state index is 11.9. The van der Waals surface area contributed by atoms with Crippen molar-refractivity contribution in [3.05, 3.63) is 0 Å². The highest BCUT2D eigenvalue weighted by Gasteiger charge is 2.32. The van der Waals surface area contributed by atoms with Gasteiger partial charge in [-0.05, 0) is 38.5 Å². The van der Waals surface area contributed by atoms with Crippen LogP contribution in [0.15, 0.2) is 4.99 Å². The molecule has 1 heterocycles. The average Bonchev–Trinajstić information content (AvgIpc) is 3.30. The van der Waals surface area contributed by atoms with Crippen LogP contribution in [0.1, 0.15) is 51.4 Å². The SMILES string of the molecule is CN(C)C(=O)CN=C(NC1CCCC1)NC1CCN(C2CC2)CC1.I. The second kappa shape index (κ2) is 9.94. The molecule has 2 aliphatic carbocycles. The molecule has 6 nitrogen and oxygen atoms in total. The van der Waals surface area contributed by atoms with Crippen molar-refractivity contribution < 1.29 is 4.79 Å². The van der Waals surface area contributed by atoms with E-state index < -0.39 is 0 Å². The molecule has 2 saturated carbocycles. The van der Waals surface area contributed by atoms with Crippen LogP contribution in [0, 0.1) is 0 Å². The predicted molar refractivity (Wildman–Crippen MR) is 113 cm³/mol. The van der Waals surface area contributed by atoms with E-state index in [1.165, 1.54) is 64.5 Å². The number of amides is 1. The van der Waals surface area contributed by atoms with Gasteiger partial charge in [0.1, 0.15) is 6.54 Å². The van der Waals surface area contributed by atoms with Crippen molar-refractivity contribution in [2.45, 2.75) is 69.5 Å². The lowest BCUT2D eigenvalue weighted by Crippen LogP contribution is -2.51. The molecule has 0 aromatic rings. The molecule has 7 heteroatoms. The van der Waals surface area contributed by atoms with Crippen molar-refractivity contribution in [2.24, 2.45) is 4.99 Å². The molecule has 3 rings (SSSR count). The fourth-order valence-electron chi connectivity index (χ4n) is 3.73. The number of nitrogens with one attached hydrogen (secondary N) is 2. The van der Waals surface area contributed by atoms with Crippen LogP contribution in [-0.2, 0) is 4.79 Å². The number of hydrogen-bond donors (Lipinski definition) is 2. The lowest BCUT2D eigenvalue weighted by molar-refractivity contribution is -0.127. The summed E-state index contributed by atoms with van der Waals surface area (Å²) in [5, 5.41) is 7.16. The van der Waals surface area contributed by atoms with Crippen molar-refractivity contribution in [3.63, 3.8) is 0 Å². The quantitative estimate of drug-likeness (QED) is 0.371. The summed E-state index contributed by atoms with van der Waals surface area (Å²) in [7, 11) is 3.56. The molecular formula is C18H34IN5O. The Labute approximate surface area is 169 Å². The molecular weight excluding hydrogens is 429 g/mol. The molecule has 1 amide bonds. The molecule has 144 valence electrons. The lowest BCUT2D eigenvalue weighted by Gasteiger charge is -2.33. The summed E-state index contributed by atoms with van der Waals surface area (Å²) in [6.45, 7) is 2.60. The number of guanidine groups is 1. The van der Waals surface area contributed by atoms with Crippen molar-refractivity contribution in [2.75, 3.05) is 33.7 Å². The molecule has 0 unspecified atom stereocenters. The van der Waals surface area contributed by atoms with Crippen molar-refractivity contribution >= 4 is 35.8 Å². The van der Waals surface area contributed by atoms with Gasteiger partial charge < -0.3 is 20.4 Å². The molecule has 1 aliphatic heterocycles. The Morgan fingerprint density at radius 1 is 1.00 bits per heavy atom. The number of carbonyl (C=O) groups is 1. The van der Waals surface area contributed by atoms with Crippen molar-refractivity contribution in [3.8, 4) is 0 Å². The zero-order chi connectivity index (χ0) is 16.9. The van der Waals surface area contributed by atoms with Gasteiger partial charge in [-0.1, -0.05) is 12.8 Å². The molecule has 25 heavy (non-hydrogen) atoms. The first kappa shape index (κ1) is 20.7. The first-order valence-corrected chi connectivity index (χ1v) is 9.63. The summed E-state index contributed by atoms with van der Waals surface area (Å²) >= 11 is 0. The number of likely N-dealkylation sites (tertiary alicyclic amines) is 1. The van der Waals surface area contributed by atoms with Crippen LogP contribution in [-0.4, -0.2) is 73.5 Å². The molecule has 0 aromatic carbocycles. The minimum absolute atomic E-state index is 0. The van der Waals surface area contributed by atoms with Crippen LogP contribution < -0.4 is 10.6 Å². The predicted octanol–water partition coefficient (Wildman–Crippen LogP) is 1.80. The Kier molecular flexibility index (Phi) is 8.25. The number of piperidine rings is 1. The molecule has 0 spiro atoms. The molecule has 0 radical (unpaired) electrons. The standard InChI is InChI=1S/C18H33N5O.HI/c1-22(2)17(24)13-19-18(20-14-5-3-4-6-14)21-15-9-11-23(12-10-15)16-7-8-16;/h14-16H,3-13H2,1-2H3,(H2,19,20,21);1H. The smallest absolute Gasteiger partial charge is 0.243 e. The number of aliphatic imine (C=N–C) groups is 1. The van der Waals surface area contributed by atoms with E-state index in [-0.39, 0.29) is 36.4 Å². The Morgan fingerprint density at radius 3 is 2.08 bits per heavy atom. The van der Waals surface area contributed by atoms with E-state index in [0.29, 0.717) is 12.1 Å². The highest BCUT2D eigenvalue weighted by atomic mass is 127.